The fraction of sp³-hybridized carbons (Fsp3) is 0.875. The molecule has 3 aliphatic rings. The molecule has 0 atom stereocenters. The van der Waals surface area contributed by atoms with Crippen molar-refractivity contribution in [3.05, 3.63) is 0 Å². The van der Waals surface area contributed by atoms with Gasteiger partial charge in [-0.2, -0.15) is 0 Å². The Labute approximate surface area is 121 Å². The molecule has 0 aromatic carbocycles. The summed E-state index contributed by atoms with van der Waals surface area (Å²) in [5.74, 6) is 0.244. The molecule has 1 saturated heterocycles. The third kappa shape index (κ3) is 2.45. The zero-order valence-corrected chi connectivity index (χ0v) is 12.5. The maximum absolute atomic E-state index is 13.0. The molecular weight excluding hydrogens is 252 g/mol. The molecule has 3 rings (SSSR count). The van der Waals surface area contributed by atoms with Gasteiger partial charge in [0.05, 0.1) is 0 Å². The molecule has 2 saturated carbocycles. The highest BCUT2D eigenvalue weighted by atomic mass is 16.2. The van der Waals surface area contributed by atoms with Crippen LogP contribution in [-0.2, 0) is 9.59 Å². The molecule has 3 fully saturated rings. The largest absolute Gasteiger partial charge is 0.342 e. The lowest BCUT2D eigenvalue weighted by atomic mass is 9.87. The second-order valence-corrected chi connectivity index (χ2v) is 7.33. The Bertz CT molecular complexity index is 407. The van der Waals surface area contributed by atoms with Crippen LogP contribution in [0.25, 0.3) is 0 Å². The molecule has 1 N–H and O–H groups in total. The van der Waals surface area contributed by atoms with Crippen molar-refractivity contribution in [1.29, 1.82) is 0 Å². The number of nitrogens with zero attached hydrogens (tertiary/aromatic N) is 1. The van der Waals surface area contributed by atoms with Gasteiger partial charge in [0, 0.05) is 19.5 Å². The standard InChI is InChI=1S/C16H26N2O2/c1-15(7-2-3-8-15)12-18-11-6-13(19)17-16(14(18)20)9-4-5-10-16/h2-12H2,1H3,(H,17,19). The molecule has 1 spiro atoms. The highest BCUT2D eigenvalue weighted by molar-refractivity contribution is 5.93. The van der Waals surface area contributed by atoms with E-state index in [-0.39, 0.29) is 17.2 Å². The molecule has 20 heavy (non-hydrogen) atoms. The van der Waals surface area contributed by atoms with E-state index in [2.05, 4.69) is 12.2 Å². The first kappa shape index (κ1) is 13.9. The van der Waals surface area contributed by atoms with Crippen molar-refractivity contribution in [1.82, 2.24) is 10.2 Å². The van der Waals surface area contributed by atoms with E-state index in [1.165, 1.54) is 25.7 Å². The Kier molecular flexibility index (Phi) is 3.51. The van der Waals surface area contributed by atoms with Crippen LogP contribution in [0.5, 0.6) is 0 Å². The average molecular weight is 278 g/mol. The van der Waals surface area contributed by atoms with Crippen molar-refractivity contribution in [2.75, 3.05) is 13.1 Å². The third-order valence-electron chi connectivity index (χ3n) is 5.52. The summed E-state index contributed by atoms with van der Waals surface area (Å²) in [7, 11) is 0. The van der Waals surface area contributed by atoms with Crippen LogP contribution in [0.4, 0.5) is 0 Å². The lowest BCUT2D eigenvalue weighted by Gasteiger charge is -2.36. The molecule has 0 aromatic rings. The molecule has 0 bridgehead atoms. The predicted molar refractivity (Wildman–Crippen MR) is 77.1 cm³/mol. The molecule has 0 radical (unpaired) electrons. The third-order valence-corrected chi connectivity index (χ3v) is 5.52. The molecule has 112 valence electrons. The lowest BCUT2D eigenvalue weighted by Crippen LogP contribution is -2.56. The number of amides is 2. The normalized spacial score (nSPS) is 28.8. The summed E-state index contributed by atoms with van der Waals surface area (Å²) in [5.41, 5.74) is -0.300. The van der Waals surface area contributed by atoms with E-state index in [0.29, 0.717) is 13.0 Å². The number of carbonyl (C=O) groups is 2. The highest BCUT2D eigenvalue weighted by Crippen LogP contribution is 2.40. The Morgan fingerprint density at radius 2 is 1.65 bits per heavy atom. The van der Waals surface area contributed by atoms with E-state index in [0.717, 1.165) is 32.2 Å². The van der Waals surface area contributed by atoms with Crippen molar-refractivity contribution in [3.63, 3.8) is 0 Å². The van der Waals surface area contributed by atoms with Gasteiger partial charge in [-0.1, -0.05) is 32.6 Å². The molecule has 2 aliphatic carbocycles. The van der Waals surface area contributed by atoms with Crippen LogP contribution in [-0.4, -0.2) is 35.3 Å². The van der Waals surface area contributed by atoms with Crippen molar-refractivity contribution in [2.24, 2.45) is 5.41 Å². The summed E-state index contributed by atoms with van der Waals surface area (Å²) in [6.07, 6.45) is 9.20. The highest BCUT2D eigenvalue weighted by Gasteiger charge is 2.47. The summed E-state index contributed by atoms with van der Waals surface area (Å²) in [5, 5.41) is 3.04. The Hall–Kier alpha value is -1.06. The maximum Gasteiger partial charge on any atom is 0.248 e. The monoisotopic (exact) mass is 278 g/mol. The quantitative estimate of drug-likeness (QED) is 0.842. The number of hydrogen-bond donors (Lipinski definition) is 1. The minimum absolute atomic E-state index is 0.0549. The Morgan fingerprint density at radius 1 is 1.05 bits per heavy atom. The molecule has 1 aliphatic heterocycles. The van der Waals surface area contributed by atoms with Crippen molar-refractivity contribution < 1.29 is 9.59 Å². The Balaban J connectivity index is 1.79. The average Bonchev–Trinajstić information content (AvgIpc) is 3.02. The number of carbonyl (C=O) groups excluding carboxylic acids is 2. The van der Waals surface area contributed by atoms with E-state index in [4.69, 9.17) is 0 Å². The summed E-state index contributed by atoms with van der Waals surface area (Å²) >= 11 is 0. The zero-order chi connectivity index (χ0) is 14.2. The molecule has 4 heteroatoms. The van der Waals surface area contributed by atoms with E-state index >= 15 is 0 Å². The predicted octanol–water partition coefficient (Wildman–Crippen LogP) is 2.23. The van der Waals surface area contributed by atoms with Gasteiger partial charge in [-0.05, 0) is 31.1 Å². The first-order chi connectivity index (χ1) is 9.53. The number of rotatable bonds is 2. The van der Waals surface area contributed by atoms with Crippen molar-refractivity contribution in [2.45, 2.75) is 70.3 Å². The minimum atomic E-state index is -0.567. The van der Waals surface area contributed by atoms with Gasteiger partial charge in [0.15, 0.2) is 0 Å². The van der Waals surface area contributed by atoms with Gasteiger partial charge < -0.3 is 10.2 Å². The summed E-state index contributed by atoms with van der Waals surface area (Å²) in [6.45, 7) is 3.74. The summed E-state index contributed by atoms with van der Waals surface area (Å²) < 4.78 is 0. The molecule has 0 aromatic heterocycles. The maximum atomic E-state index is 13.0. The van der Waals surface area contributed by atoms with E-state index in [9.17, 15) is 9.59 Å². The van der Waals surface area contributed by atoms with Crippen LogP contribution in [0.3, 0.4) is 0 Å². The van der Waals surface area contributed by atoms with Crippen LogP contribution in [0, 0.1) is 5.41 Å². The van der Waals surface area contributed by atoms with E-state index < -0.39 is 5.54 Å². The second kappa shape index (κ2) is 5.05. The second-order valence-electron chi connectivity index (χ2n) is 7.33. The zero-order valence-electron chi connectivity index (χ0n) is 12.5. The van der Waals surface area contributed by atoms with Crippen LogP contribution >= 0.6 is 0 Å². The first-order valence-corrected chi connectivity index (χ1v) is 8.14. The molecule has 0 unspecified atom stereocenters. The fourth-order valence-corrected chi connectivity index (χ4v) is 4.34. The van der Waals surface area contributed by atoms with Gasteiger partial charge in [0.1, 0.15) is 5.54 Å². The summed E-state index contributed by atoms with van der Waals surface area (Å²) in [6, 6.07) is 0. The van der Waals surface area contributed by atoms with E-state index in [1.807, 2.05) is 4.90 Å². The molecular formula is C16H26N2O2. The van der Waals surface area contributed by atoms with Gasteiger partial charge in [0.25, 0.3) is 0 Å². The summed E-state index contributed by atoms with van der Waals surface area (Å²) in [4.78, 5) is 26.9. The minimum Gasteiger partial charge on any atom is -0.342 e. The van der Waals surface area contributed by atoms with Crippen LogP contribution in [0.1, 0.15) is 64.7 Å². The first-order valence-electron chi connectivity index (χ1n) is 8.14. The van der Waals surface area contributed by atoms with Gasteiger partial charge in [0.2, 0.25) is 11.8 Å². The lowest BCUT2D eigenvalue weighted by molar-refractivity contribution is -0.139. The van der Waals surface area contributed by atoms with Crippen LogP contribution in [0.15, 0.2) is 0 Å². The van der Waals surface area contributed by atoms with E-state index in [1.54, 1.807) is 0 Å². The number of nitrogens with one attached hydrogen (secondary N) is 1. The SMILES string of the molecule is CC1(CN2CCC(=O)NC3(CCCC3)C2=O)CCCC1. The smallest absolute Gasteiger partial charge is 0.248 e. The van der Waals surface area contributed by atoms with Crippen molar-refractivity contribution in [3.8, 4) is 0 Å². The van der Waals surface area contributed by atoms with Crippen LogP contribution < -0.4 is 5.32 Å². The van der Waals surface area contributed by atoms with Gasteiger partial charge in [-0.3, -0.25) is 9.59 Å². The van der Waals surface area contributed by atoms with Gasteiger partial charge >= 0.3 is 0 Å². The van der Waals surface area contributed by atoms with Crippen LogP contribution in [0.2, 0.25) is 0 Å². The Morgan fingerprint density at radius 3 is 2.30 bits per heavy atom. The van der Waals surface area contributed by atoms with Crippen molar-refractivity contribution >= 4 is 11.8 Å². The molecule has 1 heterocycles. The molecule has 4 nitrogen and oxygen atoms in total. The fourth-order valence-electron chi connectivity index (χ4n) is 4.34. The number of hydrogen-bond acceptors (Lipinski definition) is 2. The molecule has 2 amide bonds. The van der Waals surface area contributed by atoms with Gasteiger partial charge in [-0.25, -0.2) is 0 Å². The van der Waals surface area contributed by atoms with Gasteiger partial charge in [-0.15, -0.1) is 0 Å². The topological polar surface area (TPSA) is 49.4 Å².